The van der Waals surface area contributed by atoms with Gasteiger partial charge in [-0.05, 0) is 53.8 Å². The van der Waals surface area contributed by atoms with Crippen molar-refractivity contribution in [1.82, 2.24) is 10.3 Å². The summed E-state index contributed by atoms with van der Waals surface area (Å²) in [4.78, 5) is 8.63. The number of rotatable bonds is 7. The number of pyridine rings is 1. The van der Waals surface area contributed by atoms with Crippen molar-refractivity contribution in [3.63, 3.8) is 0 Å². The van der Waals surface area contributed by atoms with Crippen LogP contribution in [-0.2, 0) is 13.0 Å². The second kappa shape index (κ2) is 9.40. The quantitative estimate of drug-likeness (QED) is 0.237. The number of hydrogen-bond acceptors (Lipinski definition) is 8. The lowest BCUT2D eigenvalue weighted by molar-refractivity contribution is 0.658. The molecule has 0 spiro atoms. The van der Waals surface area contributed by atoms with Crippen LogP contribution in [0.3, 0.4) is 0 Å². The lowest BCUT2D eigenvalue weighted by atomic mass is 9.95. The Morgan fingerprint density at radius 2 is 2.17 bits per heavy atom. The van der Waals surface area contributed by atoms with Gasteiger partial charge >= 0.3 is 0 Å². The molecular weight excluding hydrogens is 364 g/mol. The standard InChI is InChI=1S/C21H30N8/c1-13-5-18(12-27-13)16-4-2-3-14(6-16)10-26-11-15(9-22)7-17-8-19(23)28-21(29-25)20(17)24/h2-4,6,8-9,11,13,18,27H,5,7,10,12,22,24-25H2,1H3,(H3,23,28,29). The molecule has 1 saturated heterocycles. The largest absolute Gasteiger partial charge is 0.404 e. The van der Waals surface area contributed by atoms with E-state index in [0.717, 1.165) is 17.7 Å². The van der Waals surface area contributed by atoms with Gasteiger partial charge in [-0.15, -0.1) is 0 Å². The topological polar surface area (TPSA) is 153 Å². The molecule has 1 aromatic heterocycles. The summed E-state index contributed by atoms with van der Waals surface area (Å²) in [5.41, 5.74) is 24.8. The molecule has 3 rings (SSSR count). The van der Waals surface area contributed by atoms with Crippen LogP contribution >= 0.6 is 0 Å². The van der Waals surface area contributed by atoms with Crippen molar-refractivity contribution in [1.29, 1.82) is 0 Å². The Hall–Kier alpha value is -3.10. The van der Waals surface area contributed by atoms with Gasteiger partial charge in [-0.1, -0.05) is 24.3 Å². The van der Waals surface area contributed by atoms with Crippen LogP contribution in [0.2, 0.25) is 0 Å². The minimum atomic E-state index is 0.336. The predicted molar refractivity (Wildman–Crippen MR) is 120 cm³/mol. The predicted octanol–water partition coefficient (Wildman–Crippen LogP) is 1.65. The number of nitrogen functional groups attached to an aromatic ring is 3. The van der Waals surface area contributed by atoms with Crippen LogP contribution in [0.1, 0.15) is 36.0 Å². The van der Waals surface area contributed by atoms with Crippen molar-refractivity contribution in [3.05, 3.63) is 58.8 Å². The van der Waals surface area contributed by atoms with E-state index in [-0.39, 0.29) is 0 Å². The van der Waals surface area contributed by atoms with Crippen LogP contribution in [-0.4, -0.2) is 23.8 Å². The third kappa shape index (κ3) is 5.24. The van der Waals surface area contributed by atoms with Gasteiger partial charge in [-0.2, -0.15) is 0 Å². The molecule has 0 radical (unpaired) electrons. The Kier molecular flexibility index (Phi) is 6.69. The Morgan fingerprint density at radius 1 is 1.34 bits per heavy atom. The van der Waals surface area contributed by atoms with Crippen molar-refractivity contribution < 1.29 is 0 Å². The number of hydrogen-bond donors (Lipinski definition) is 6. The van der Waals surface area contributed by atoms with Crippen LogP contribution in [0.25, 0.3) is 0 Å². The van der Waals surface area contributed by atoms with Crippen LogP contribution in [0.15, 0.2) is 47.1 Å². The highest BCUT2D eigenvalue weighted by Gasteiger charge is 2.21. The molecule has 2 heterocycles. The molecule has 1 aliphatic rings. The highest BCUT2D eigenvalue weighted by Crippen LogP contribution is 2.26. The molecule has 1 fully saturated rings. The fraction of sp³-hybridized carbons (Fsp3) is 0.333. The first kappa shape index (κ1) is 20.6. The van der Waals surface area contributed by atoms with Gasteiger partial charge in [-0.25, -0.2) is 10.8 Å². The summed E-state index contributed by atoms with van der Waals surface area (Å²) in [5, 5.41) is 3.51. The average molecular weight is 395 g/mol. The van der Waals surface area contributed by atoms with E-state index < -0.39 is 0 Å². The van der Waals surface area contributed by atoms with Crippen LogP contribution in [0.5, 0.6) is 0 Å². The second-order valence-electron chi connectivity index (χ2n) is 7.49. The van der Waals surface area contributed by atoms with Crippen LogP contribution in [0, 0.1) is 0 Å². The molecule has 154 valence electrons. The lowest BCUT2D eigenvalue weighted by Crippen LogP contribution is -2.16. The van der Waals surface area contributed by atoms with E-state index >= 15 is 0 Å². The summed E-state index contributed by atoms with van der Waals surface area (Å²) in [6.45, 7) is 3.85. The van der Waals surface area contributed by atoms with Crippen molar-refractivity contribution in [2.75, 3.05) is 23.4 Å². The fourth-order valence-electron chi connectivity index (χ4n) is 3.66. The number of aliphatic imine (C=N–C) groups is 1. The fourth-order valence-corrected chi connectivity index (χ4v) is 3.66. The van der Waals surface area contributed by atoms with Gasteiger partial charge in [0.25, 0.3) is 0 Å². The van der Waals surface area contributed by atoms with E-state index in [9.17, 15) is 0 Å². The highest BCUT2D eigenvalue weighted by atomic mass is 15.3. The van der Waals surface area contributed by atoms with Crippen molar-refractivity contribution >= 4 is 23.5 Å². The van der Waals surface area contributed by atoms with E-state index in [2.05, 4.69) is 51.9 Å². The molecule has 0 saturated carbocycles. The summed E-state index contributed by atoms with van der Waals surface area (Å²) < 4.78 is 0. The van der Waals surface area contributed by atoms with Gasteiger partial charge in [0.2, 0.25) is 0 Å². The first-order valence-corrected chi connectivity index (χ1v) is 9.74. The van der Waals surface area contributed by atoms with E-state index in [1.54, 1.807) is 12.3 Å². The van der Waals surface area contributed by atoms with Crippen LogP contribution < -0.4 is 33.8 Å². The summed E-state index contributed by atoms with van der Waals surface area (Å²) in [7, 11) is 0. The highest BCUT2D eigenvalue weighted by molar-refractivity contribution is 5.80. The SMILES string of the molecule is CC1CC(c2cccc(CN=CC(=CN)Cc3cc(N)nc(NN)c3N)c2)CN1. The number of anilines is 3. The zero-order valence-corrected chi connectivity index (χ0v) is 16.7. The Labute approximate surface area is 171 Å². The molecule has 0 amide bonds. The molecule has 2 aromatic rings. The molecule has 1 aromatic carbocycles. The molecular formula is C21H30N8. The first-order chi connectivity index (χ1) is 14.0. The normalized spacial score (nSPS) is 19.7. The van der Waals surface area contributed by atoms with Gasteiger partial charge in [0.05, 0.1) is 12.2 Å². The Morgan fingerprint density at radius 3 is 2.86 bits per heavy atom. The monoisotopic (exact) mass is 394 g/mol. The number of allylic oxidation sites excluding steroid dienone is 1. The Balaban J connectivity index is 1.66. The number of benzene rings is 1. The number of nitrogens with two attached hydrogens (primary N) is 4. The molecule has 0 bridgehead atoms. The molecule has 8 heteroatoms. The maximum absolute atomic E-state index is 6.09. The van der Waals surface area contributed by atoms with Crippen molar-refractivity contribution in [3.8, 4) is 0 Å². The van der Waals surface area contributed by atoms with Gasteiger partial charge in [0.15, 0.2) is 5.82 Å². The van der Waals surface area contributed by atoms with Crippen LogP contribution in [0.4, 0.5) is 17.3 Å². The third-order valence-electron chi connectivity index (χ3n) is 5.21. The van der Waals surface area contributed by atoms with E-state index in [1.807, 2.05) is 0 Å². The number of hydrazine groups is 1. The van der Waals surface area contributed by atoms with Crippen molar-refractivity contribution in [2.24, 2.45) is 16.6 Å². The minimum Gasteiger partial charge on any atom is -0.404 e. The average Bonchev–Trinajstić information content (AvgIpc) is 3.16. The Bertz CT molecular complexity index is 906. The molecule has 10 N–H and O–H groups in total. The summed E-state index contributed by atoms with van der Waals surface area (Å²) in [6, 6.07) is 10.9. The maximum Gasteiger partial charge on any atom is 0.165 e. The van der Waals surface area contributed by atoms with E-state index in [1.165, 1.54) is 23.7 Å². The number of aromatic nitrogens is 1. The summed E-state index contributed by atoms with van der Waals surface area (Å²) in [6.07, 6.45) is 4.95. The molecule has 0 aliphatic carbocycles. The zero-order chi connectivity index (χ0) is 20.8. The molecule has 8 nitrogen and oxygen atoms in total. The first-order valence-electron chi connectivity index (χ1n) is 9.74. The minimum absolute atomic E-state index is 0.336. The molecule has 29 heavy (non-hydrogen) atoms. The number of nitrogens with one attached hydrogen (secondary N) is 2. The lowest BCUT2D eigenvalue weighted by Gasteiger charge is -2.11. The van der Waals surface area contributed by atoms with E-state index in [4.69, 9.17) is 23.0 Å². The van der Waals surface area contributed by atoms with Gasteiger partial charge in [0.1, 0.15) is 5.82 Å². The molecule has 2 unspecified atom stereocenters. The smallest absolute Gasteiger partial charge is 0.165 e. The summed E-state index contributed by atoms with van der Waals surface area (Å²) >= 11 is 0. The second-order valence-corrected chi connectivity index (χ2v) is 7.49. The van der Waals surface area contributed by atoms with Gasteiger partial charge in [-0.3, -0.25) is 4.99 Å². The summed E-state index contributed by atoms with van der Waals surface area (Å²) in [5.74, 6) is 6.70. The molecule has 1 aliphatic heterocycles. The number of nitrogens with zero attached hydrogens (tertiary/aromatic N) is 2. The maximum atomic E-state index is 6.09. The van der Waals surface area contributed by atoms with Gasteiger partial charge in [0, 0.05) is 25.2 Å². The van der Waals surface area contributed by atoms with E-state index in [0.29, 0.717) is 42.2 Å². The molecule has 2 atom stereocenters. The third-order valence-corrected chi connectivity index (χ3v) is 5.21. The van der Waals surface area contributed by atoms with Gasteiger partial charge < -0.3 is 27.9 Å². The van der Waals surface area contributed by atoms with Crippen molar-refractivity contribution in [2.45, 2.75) is 38.3 Å². The zero-order valence-electron chi connectivity index (χ0n) is 16.7.